The lowest BCUT2D eigenvalue weighted by atomic mass is 10.1. The molecule has 0 atom stereocenters. The molecular weight excluding hydrogens is 386 g/mol. The number of H-pyrrole nitrogens is 1. The number of nitrogens with zero attached hydrogens (tertiary/aromatic N) is 4. The topological polar surface area (TPSA) is 74.4 Å². The van der Waals surface area contributed by atoms with E-state index in [0.717, 1.165) is 73.3 Å². The fourth-order valence-electron chi connectivity index (χ4n) is 3.89. The SMILES string of the molecule is O=c1[nH]c(-c2cccs2)nc2c1CN(Cc1ccc(N3CCOCC3)nc1)CC2. The maximum absolute atomic E-state index is 12.7. The molecule has 7 nitrogen and oxygen atoms in total. The standard InChI is InChI=1S/C21H23N5O2S/c27-21-16-14-25(6-5-17(16)23-20(24-21)18-2-1-11-29-18)13-15-3-4-19(22-12-15)26-7-9-28-10-8-26/h1-4,11-12H,5-10,13-14H2,(H,23,24,27). The summed E-state index contributed by atoms with van der Waals surface area (Å²) in [5.41, 5.74) is 2.84. The van der Waals surface area contributed by atoms with Crippen molar-refractivity contribution in [1.29, 1.82) is 0 Å². The molecule has 8 heteroatoms. The van der Waals surface area contributed by atoms with Crippen LogP contribution in [0.5, 0.6) is 0 Å². The molecule has 1 fully saturated rings. The summed E-state index contributed by atoms with van der Waals surface area (Å²) >= 11 is 1.59. The van der Waals surface area contributed by atoms with Gasteiger partial charge in [0.15, 0.2) is 5.82 Å². The van der Waals surface area contributed by atoms with Gasteiger partial charge in [0.2, 0.25) is 0 Å². The molecular formula is C21H23N5O2S. The van der Waals surface area contributed by atoms with E-state index >= 15 is 0 Å². The number of ether oxygens (including phenoxy) is 1. The first kappa shape index (κ1) is 18.5. The summed E-state index contributed by atoms with van der Waals surface area (Å²) in [5.74, 6) is 1.68. The second-order valence-corrected chi connectivity index (χ2v) is 8.35. The second kappa shape index (κ2) is 8.06. The fraction of sp³-hybridized carbons (Fsp3) is 0.381. The van der Waals surface area contributed by atoms with E-state index in [9.17, 15) is 4.79 Å². The van der Waals surface area contributed by atoms with Crippen molar-refractivity contribution in [3.63, 3.8) is 0 Å². The zero-order valence-corrected chi connectivity index (χ0v) is 17.0. The van der Waals surface area contributed by atoms with Gasteiger partial charge >= 0.3 is 0 Å². The number of aromatic nitrogens is 3. The first-order chi connectivity index (χ1) is 14.3. The number of morpholine rings is 1. The lowest BCUT2D eigenvalue weighted by Gasteiger charge is -2.29. The minimum Gasteiger partial charge on any atom is -0.378 e. The van der Waals surface area contributed by atoms with Gasteiger partial charge in [-0.05, 0) is 23.1 Å². The van der Waals surface area contributed by atoms with Crippen LogP contribution in [0.2, 0.25) is 0 Å². The second-order valence-electron chi connectivity index (χ2n) is 7.40. The molecule has 5 rings (SSSR count). The maximum atomic E-state index is 12.7. The number of hydrogen-bond acceptors (Lipinski definition) is 7. The van der Waals surface area contributed by atoms with Crippen LogP contribution in [0.1, 0.15) is 16.8 Å². The Labute approximate surface area is 173 Å². The minimum absolute atomic E-state index is 0.0242. The molecule has 29 heavy (non-hydrogen) atoms. The van der Waals surface area contributed by atoms with Crippen molar-refractivity contribution in [2.75, 3.05) is 37.7 Å². The van der Waals surface area contributed by atoms with E-state index in [2.05, 4.69) is 31.9 Å². The summed E-state index contributed by atoms with van der Waals surface area (Å²) in [6.07, 6.45) is 2.74. The summed E-state index contributed by atoms with van der Waals surface area (Å²) < 4.78 is 5.40. The lowest BCUT2D eigenvalue weighted by molar-refractivity contribution is 0.122. The molecule has 0 amide bonds. The zero-order valence-electron chi connectivity index (χ0n) is 16.1. The van der Waals surface area contributed by atoms with Gasteiger partial charge in [-0.25, -0.2) is 9.97 Å². The van der Waals surface area contributed by atoms with Gasteiger partial charge in [-0.2, -0.15) is 0 Å². The normalized spacial score (nSPS) is 17.3. The molecule has 0 radical (unpaired) electrons. The van der Waals surface area contributed by atoms with Crippen LogP contribution in [0.4, 0.5) is 5.82 Å². The van der Waals surface area contributed by atoms with Gasteiger partial charge in [-0.3, -0.25) is 9.69 Å². The van der Waals surface area contributed by atoms with Crippen molar-refractivity contribution in [2.24, 2.45) is 0 Å². The molecule has 0 saturated carbocycles. The predicted molar refractivity (Wildman–Crippen MR) is 113 cm³/mol. The third kappa shape index (κ3) is 3.96. The Kier molecular flexibility index (Phi) is 5.13. The highest BCUT2D eigenvalue weighted by atomic mass is 32.1. The first-order valence-electron chi connectivity index (χ1n) is 9.92. The van der Waals surface area contributed by atoms with Gasteiger partial charge in [0.05, 0.1) is 29.3 Å². The van der Waals surface area contributed by atoms with Crippen molar-refractivity contribution < 1.29 is 4.74 Å². The quantitative estimate of drug-likeness (QED) is 0.713. The van der Waals surface area contributed by atoms with Crippen LogP contribution < -0.4 is 10.5 Å². The number of nitrogens with one attached hydrogen (secondary N) is 1. The molecule has 2 aliphatic rings. The predicted octanol–water partition coefficient (Wildman–Crippen LogP) is 2.29. The smallest absolute Gasteiger partial charge is 0.255 e. The van der Waals surface area contributed by atoms with Gasteiger partial charge in [-0.15, -0.1) is 11.3 Å². The van der Waals surface area contributed by atoms with Crippen molar-refractivity contribution >= 4 is 17.2 Å². The molecule has 3 aromatic heterocycles. The highest BCUT2D eigenvalue weighted by molar-refractivity contribution is 7.13. The fourth-order valence-corrected chi connectivity index (χ4v) is 4.56. The van der Waals surface area contributed by atoms with Gasteiger partial charge in [0.25, 0.3) is 5.56 Å². The Balaban J connectivity index is 1.28. The van der Waals surface area contributed by atoms with Crippen LogP contribution >= 0.6 is 11.3 Å². The average molecular weight is 410 g/mol. The molecule has 1 saturated heterocycles. The molecule has 0 aromatic carbocycles. The third-order valence-corrected chi connectivity index (χ3v) is 6.33. The molecule has 150 valence electrons. The maximum Gasteiger partial charge on any atom is 0.255 e. The van der Waals surface area contributed by atoms with Crippen molar-refractivity contribution in [2.45, 2.75) is 19.5 Å². The lowest BCUT2D eigenvalue weighted by Crippen LogP contribution is -2.37. The van der Waals surface area contributed by atoms with Crippen LogP contribution in [-0.4, -0.2) is 52.7 Å². The van der Waals surface area contributed by atoms with E-state index in [1.165, 1.54) is 0 Å². The van der Waals surface area contributed by atoms with Gasteiger partial charge in [-0.1, -0.05) is 12.1 Å². The average Bonchev–Trinajstić information content (AvgIpc) is 3.30. The summed E-state index contributed by atoms with van der Waals surface area (Å²) in [7, 11) is 0. The number of hydrogen-bond donors (Lipinski definition) is 1. The Morgan fingerprint density at radius 2 is 2.07 bits per heavy atom. The number of thiophene rings is 1. The Morgan fingerprint density at radius 3 is 2.83 bits per heavy atom. The molecule has 0 unspecified atom stereocenters. The van der Waals surface area contributed by atoms with E-state index in [1.54, 1.807) is 11.3 Å². The molecule has 2 aliphatic heterocycles. The first-order valence-corrected chi connectivity index (χ1v) is 10.8. The van der Waals surface area contributed by atoms with E-state index < -0.39 is 0 Å². The monoisotopic (exact) mass is 409 g/mol. The Morgan fingerprint density at radius 1 is 1.17 bits per heavy atom. The largest absolute Gasteiger partial charge is 0.378 e. The van der Waals surface area contributed by atoms with Crippen LogP contribution in [0.15, 0.2) is 40.6 Å². The highest BCUT2D eigenvalue weighted by Crippen LogP contribution is 2.23. The van der Waals surface area contributed by atoms with E-state index in [-0.39, 0.29) is 5.56 Å². The van der Waals surface area contributed by atoms with Crippen LogP contribution in [0.25, 0.3) is 10.7 Å². The van der Waals surface area contributed by atoms with Gasteiger partial charge in [0, 0.05) is 45.3 Å². The summed E-state index contributed by atoms with van der Waals surface area (Å²) in [6, 6.07) is 8.17. The number of rotatable bonds is 4. The van der Waals surface area contributed by atoms with Crippen LogP contribution in [0.3, 0.4) is 0 Å². The van der Waals surface area contributed by atoms with E-state index in [0.29, 0.717) is 12.4 Å². The van der Waals surface area contributed by atoms with Crippen molar-refractivity contribution in [3.8, 4) is 10.7 Å². The molecule has 0 spiro atoms. The number of anilines is 1. The molecule has 1 N–H and O–H groups in total. The number of aromatic amines is 1. The van der Waals surface area contributed by atoms with E-state index in [4.69, 9.17) is 9.72 Å². The van der Waals surface area contributed by atoms with Crippen molar-refractivity contribution in [3.05, 3.63) is 63.0 Å². The third-order valence-electron chi connectivity index (χ3n) is 5.45. The summed E-state index contributed by atoms with van der Waals surface area (Å²) in [6.45, 7) is 5.58. The zero-order chi connectivity index (χ0) is 19.6. The van der Waals surface area contributed by atoms with Crippen LogP contribution in [0, 0.1) is 0 Å². The number of fused-ring (bicyclic) bond motifs is 1. The molecule has 3 aromatic rings. The highest BCUT2D eigenvalue weighted by Gasteiger charge is 2.22. The Hall–Kier alpha value is -2.55. The molecule has 5 heterocycles. The number of pyridine rings is 1. The minimum atomic E-state index is -0.0242. The van der Waals surface area contributed by atoms with Gasteiger partial charge in [0.1, 0.15) is 5.82 Å². The summed E-state index contributed by atoms with van der Waals surface area (Å²) in [5, 5.41) is 1.99. The Bertz CT molecular complexity index is 1030. The van der Waals surface area contributed by atoms with Crippen LogP contribution in [-0.2, 0) is 24.2 Å². The molecule has 0 bridgehead atoms. The summed E-state index contributed by atoms with van der Waals surface area (Å²) in [4.78, 5) is 30.5. The molecule has 0 aliphatic carbocycles. The van der Waals surface area contributed by atoms with E-state index in [1.807, 2.05) is 23.7 Å². The van der Waals surface area contributed by atoms with Gasteiger partial charge < -0.3 is 14.6 Å². The van der Waals surface area contributed by atoms with Crippen molar-refractivity contribution in [1.82, 2.24) is 19.9 Å².